The van der Waals surface area contributed by atoms with Crippen LogP contribution in [0.3, 0.4) is 0 Å². The quantitative estimate of drug-likeness (QED) is 0.717. The van der Waals surface area contributed by atoms with Crippen molar-refractivity contribution >= 4 is 5.91 Å². The lowest BCUT2D eigenvalue weighted by atomic mass is 9.79. The summed E-state index contributed by atoms with van der Waals surface area (Å²) in [6.07, 6.45) is 3.67. The molecular formula is C14H28N2O3. The number of nitrogens with two attached hydrogens (primary N) is 1. The Balaban J connectivity index is 2.62. The van der Waals surface area contributed by atoms with Gasteiger partial charge in [-0.25, -0.2) is 0 Å². The summed E-state index contributed by atoms with van der Waals surface area (Å²) in [5.74, 6) is 0.324. The van der Waals surface area contributed by atoms with E-state index in [0.717, 1.165) is 25.7 Å². The molecule has 1 rings (SSSR count). The SMILES string of the molecule is COCCN(CC1(O)CCC(C)CC1)C(C)C(N)=O. The molecule has 1 saturated carbocycles. The summed E-state index contributed by atoms with van der Waals surface area (Å²) in [6.45, 7) is 5.64. The number of methoxy groups -OCH3 is 1. The molecule has 112 valence electrons. The first-order valence-electron chi connectivity index (χ1n) is 7.12. The van der Waals surface area contributed by atoms with Crippen molar-refractivity contribution in [2.75, 3.05) is 26.8 Å². The second kappa shape index (κ2) is 7.22. The van der Waals surface area contributed by atoms with Crippen LogP contribution in [0, 0.1) is 5.92 Å². The highest BCUT2D eigenvalue weighted by atomic mass is 16.5. The zero-order valence-electron chi connectivity index (χ0n) is 12.4. The molecule has 0 heterocycles. The Morgan fingerprint density at radius 2 is 2.11 bits per heavy atom. The molecule has 0 bridgehead atoms. The van der Waals surface area contributed by atoms with Crippen molar-refractivity contribution in [3.8, 4) is 0 Å². The van der Waals surface area contributed by atoms with E-state index in [2.05, 4.69) is 6.92 Å². The van der Waals surface area contributed by atoms with Crippen LogP contribution in [-0.4, -0.2) is 54.4 Å². The minimum Gasteiger partial charge on any atom is -0.389 e. The molecule has 1 amide bonds. The number of nitrogens with zero attached hydrogens (tertiary/aromatic N) is 1. The Morgan fingerprint density at radius 3 is 2.58 bits per heavy atom. The Bertz CT molecular complexity index is 288. The first kappa shape index (κ1) is 16.4. The Labute approximate surface area is 116 Å². The van der Waals surface area contributed by atoms with Crippen molar-refractivity contribution < 1.29 is 14.6 Å². The second-order valence-corrected chi connectivity index (χ2v) is 5.95. The third-order valence-corrected chi connectivity index (χ3v) is 4.24. The predicted octanol–water partition coefficient (Wildman–Crippen LogP) is 0.750. The zero-order valence-corrected chi connectivity index (χ0v) is 12.4. The molecule has 1 aliphatic rings. The standard InChI is InChI=1S/C14H28N2O3/c1-11-4-6-14(18,7-5-11)10-16(8-9-19-3)12(2)13(15)17/h11-12,18H,4-10H2,1-3H3,(H2,15,17). The number of carbonyl (C=O) groups excluding carboxylic acids is 1. The predicted molar refractivity (Wildman–Crippen MR) is 74.7 cm³/mol. The molecule has 0 aliphatic heterocycles. The molecule has 19 heavy (non-hydrogen) atoms. The largest absolute Gasteiger partial charge is 0.389 e. The molecule has 0 radical (unpaired) electrons. The third kappa shape index (κ3) is 5.09. The number of carbonyl (C=O) groups is 1. The van der Waals surface area contributed by atoms with Gasteiger partial charge in [-0.3, -0.25) is 9.69 Å². The average Bonchev–Trinajstić information content (AvgIpc) is 2.37. The minimum absolute atomic E-state index is 0.358. The fraction of sp³-hybridized carbons (Fsp3) is 0.929. The third-order valence-electron chi connectivity index (χ3n) is 4.24. The molecule has 3 N–H and O–H groups in total. The van der Waals surface area contributed by atoms with Gasteiger partial charge in [-0.1, -0.05) is 6.92 Å². The van der Waals surface area contributed by atoms with E-state index in [1.807, 2.05) is 4.90 Å². The van der Waals surface area contributed by atoms with Gasteiger partial charge in [0.2, 0.25) is 5.91 Å². The van der Waals surface area contributed by atoms with E-state index < -0.39 is 5.60 Å². The maximum absolute atomic E-state index is 11.4. The first-order chi connectivity index (χ1) is 8.88. The summed E-state index contributed by atoms with van der Waals surface area (Å²) in [6, 6.07) is -0.376. The van der Waals surface area contributed by atoms with E-state index in [0.29, 0.717) is 25.6 Å². The van der Waals surface area contributed by atoms with Gasteiger partial charge >= 0.3 is 0 Å². The van der Waals surface area contributed by atoms with E-state index in [1.54, 1.807) is 14.0 Å². The lowest BCUT2D eigenvalue weighted by Crippen LogP contribution is -2.52. The van der Waals surface area contributed by atoms with Crippen LogP contribution in [0.15, 0.2) is 0 Å². The van der Waals surface area contributed by atoms with E-state index >= 15 is 0 Å². The van der Waals surface area contributed by atoms with Gasteiger partial charge in [0.1, 0.15) is 0 Å². The molecule has 0 saturated heterocycles. The van der Waals surface area contributed by atoms with Crippen LogP contribution in [0.4, 0.5) is 0 Å². The van der Waals surface area contributed by atoms with Crippen LogP contribution in [0.1, 0.15) is 39.5 Å². The lowest BCUT2D eigenvalue weighted by Gasteiger charge is -2.40. The number of rotatable bonds is 7. The lowest BCUT2D eigenvalue weighted by molar-refractivity contribution is -0.125. The van der Waals surface area contributed by atoms with Crippen molar-refractivity contribution in [2.45, 2.75) is 51.2 Å². The number of hydrogen-bond donors (Lipinski definition) is 2. The van der Waals surface area contributed by atoms with Crippen molar-refractivity contribution in [3.63, 3.8) is 0 Å². The Kier molecular flexibility index (Phi) is 6.23. The van der Waals surface area contributed by atoms with Gasteiger partial charge in [-0.05, 0) is 38.5 Å². The molecule has 5 nitrogen and oxygen atoms in total. The summed E-state index contributed by atoms with van der Waals surface area (Å²) >= 11 is 0. The van der Waals surface area contributed by atoms with Crippen LogP contribution in [0.2, 0.25) is 0 Å². The minimum atomic E-state index is -0.691. The summed E-state index contributed by atoms with van der Waals surface area (Å²) in [7, 11) is 1.63. The number of hydrogen-bond acceptors (Lipinski definition) is 4. The summed E-state index contributed by atoms with van der Waals surface area (Å²) in [5.41, 5.74) is 4.69. The topological polar surface area (TPSA) is 75.8 Å². The van der Waals surface area contributed by atoms with Crippen LogP contribution in [0.25, 0.3) is 0 Å². The molecule has 0 aromatic rings. The number of ether oxygens (including phenoxy) is 1. The maximum atomic E-state index is 11.4. The Hall–Kier alpha value is -0.650. The highest BCUT2D eigenvalue weighted by molar-refractivity contribution is 5.79. The zero-order chi connectivity index (χ0) is 14.5. The Morgan fingerprint density at radius 1 is 1.53 bits per heavy atom. The highest BCUT2D eigenvalue weighted by Gasteiger charge is 2.35. The van der Waals surface area contributed by atoms with Crippen molar-refractivity contribution in [1.29, 1.82) is 0 Å². The molecule has 1 fully saturated rings. The van der Waals surface area contributed by atoms with Crippen molar-refractivity contribution in [1.82, 2.24) is 4.90 Å². The van der Waals surface area contributed by atoms with Gasteiger partial charge in [-0.2, -0.15) is 0 Å². The van der Waals surface area contributed by atoms with Gasteiger partial charge in [-0.15, -0.1) is 0 Å². The molecule has 0 aromatic heterocycles. The van der Waals surface area contributed by atoms with E-state index in [4.69, 9.17) is 10.5 Å². The maximum Gasteiger partial charge on any atom is 0.234 e. The van der Waals surface area contributed by atoms with Gasteiger partial charge in [0.05, 0.1) is 18.2 Å². The summed E-state index contributed by atoms with van der Waals surface area (Å²) in [5, 5.41) is 10.7. The number of aliphatic hydroxyl groups is 1. The van der Waals surface area contributed by atoms with Gasteiger partial charge in [0, 0.05) is 20.2 Å². The fourth-order valence-electron chi connectivity index (χ4n) is 2.63. The molecule has 5 heteroatoms. The average molecular weight is 272 g/mol. The monoisotopic (exact) mass is 272 g/mol. The molecule has 0 spiro atoms. The van der Waals surface area contributed by atoms with Crippen molar-refractivity contribution in [2.24, 2.45) is 11.7 Å². The first-order valence-corrected chi connectivity index (χ1v) is 7.12. The number of primary amides is 1. The van der Waals surface area contributed by atoms with E-state index in [1.165, 1.54) is 0 Å². The van der Waals surface area contributed by atoms with E-state index in [9.17, 15) is 9.90 Å². The molecule has 0 aromatic carbocycles. The molecule has 1 aliphatic carbocycles. The van der Waals surface area contributed by atoms with Crippen LogP contribution >= 0.6 is 0 Å². The molecular weight excluding hydrogens is 244 g/mol. The fourth-order valence-corrected chi connectivity index (χ4v) is 2.63. The molecule has 1 atom stereocenters. The van der Waals surface area contributed by atoms with Crippen LogP contribution in [-0.2, 0) is 9.53 Å². The molecule has 1 unspecified atom stereocenters. The second-order valence-electron chi connectivity index (χ2n) is 5.95. The normalized spacial score (nSPS) is 29.4. The van der Waals surface area contributed by atoms with Crippen molar-refractivity contribution in [3.05, 3.63) is 0 Å². The number of amides is 1. The summed E-state index contributed by atoms with van der Waals surface area (Å²) < 4.78 is 5.07. The van der Waals surface area contributed by atoms with Crippen LogP contribution < -0.4 is 5.73 Å². The smallest absolute Gasteiger partial charge is 0.234 e. The van der Waals surface area contributed by atoms with Gasteiger partial charge in [0.25, 0.3) is 0 Å². The van der Waals surface area contributed by atoms with Gasteiger partial charge in [0.15, 0.2) is 0 Å². The summed E-state index contributed by atoms with van der Waals surface area (Å²) in [4.78, 5) is 13.3. The van der Waals surface area contributed by atoms with Crippen LogP contribution in [0.5, 0.6) is 0 Å². The van der Waals surface area contributed by atoms with Gasteiger partial charge < -0.3 is 15.6 Å². The van der Waals surface area contributed by atoms with E-state index in [-0.39, 0.29) is 11.9 Å². The highest BCUT2D eigenvalue weighted by Crippen LogP contribution is 2.32.